The molecular formula is C25H23NO4. The number of ether oxygens (including phenoxy) is 1. The summed E-state index contributed by atoms with van der Waals surface area (Å²) in [7, 11) is 0. The molecule has 30 heavy (non-hydrogen) atoms. The largest absolute Gasteiger partial charge is 0.481 e. The smallest absolute Gasteiger partial charge is 0.322 e. The van der Waals surface area contributed by atoms with E-state index in [0.29, 0.717) is 5.56 Å². The van der Waals surface area contributed by atoms with Gasteiger partial charge < -0.3 is 15.6 Å². The number of carboxylic acids is 1. The van der Waals surface area contributed by atoms with Crippen LogP contribution in [-0.4, -0.2) is 23.7 Å². The molecule has 3 N–H and O–H groups in total. The minimum atomic E-state index is -1.47. The topological polar surface area (TPSA) is 89.6 Å². The summed E-state index contributed by atoms with van der Waals surface area (Å²) < 4.78 is 5.55. The molecular weight excluding hydrogens is 378 g/mol. The van der Waals surface area contributed by atoms with E-state index in [1.807, 2.05) is 67.6 Å². The fourth-order valence-electron chi connectivity index (χ4n) is 4.24. The number of carbonyl (C=O) groups excluding carboxylic acids is 1. The average molecular weight is 401 g/mol. The van der Waals surface area contributed by atoms with Crippen LogP contribution < -0.4 is 5.73 Å². The van der Waals surface area contributed by atoms with E-state index >= 15 is 0 Å². The molecule has 1 aliphatic carbocycles. The van der Waals surface area contributed by atoms with Gasteiger partial charge >= 0.3 is 11.9 Å². The van der Waals surface area contributed by atoms with Gasteiger partial charge in [0.05, 0.1) is 6.04 Å². The molecule has 5 heteroatoms. The van der Waals surface area contributed by atoms with Crippen LogP contribution in [0.5, 0.6) is 0 Å². The lowest BCUT2D eigenvalue weighted by atomic mass is 9.91. The number of carboxylic acid groups (broad SMARTS) is 1. The quantitative estimate of drug-likeness (QED) is 0.480. The predicted octanol–water partition coefficient (Wildman–Crippen LogP) is 4.05. The maximum atomic E-state index is 12.8. The zero-order valence-corrected chi connectivity index (χ0v) is 16.6. The second kappa shape index (κ2) is 8.13. The molecule has 0 saturated heterocycles. The van der Waals surface area contributed by atoms with E-state index < -0.39 is 23.9 Å². The minimum Gasteiger partial charge on any atom is -0.481 e. The van der Waals surface area contributed by atoms with E-state index in [1.54, 1.807) is 12.1 Å². The van der Waals surface area contributed by atoms with E-state index in [-0.39, 0.29) is 12.5 Å². The zero-order valence-electron chi connectivity index (χ0n) is 16.6. The van der Waals surface area contributed by atoms with Crippen molar-refractivity contribution in [3.8, 4) is 11.1 Å². The number of aliphatic carboxylic acids is 1. The first-order valence-corrected chi connectivity index (χ1v) is 9.87. The van der Waals surface area contributed by atoms with Crippen LogP contribution in [0.15, 0.2) is 72.8 Å². The second-order valence-electron chi connectivity index (χ2n) is 7.56. The van der Waals surface area contributed by atoms with Gasteiger partial charge in [-0.1, -0.05) is 72.8 Å². The molecule has 0 saturated carbocycles. The summed E-state index contributed by atoms with van der Waals surface area (Å²) in [6.45, 7) is 1.91. The van der Waals surface area contributed by atoms with Gasteiger partial charge in [-0.2, -0.15) is 0 Å². The Hall–Kier alpha value is -3.44. The molecule has 1 aliphatic rings. The highest BCUT2D eigenvalue weighted by Gasteiger charge is 2.37. The molecule has 0 amide bonds. The van der Waals surface area contributed by atoms with Crippen molar-refractivity contribution in [2.45, 2.75) is 18.9 Å². The van der Waals surface area contributed by atoms with Crippen LogP contribution in [0.2, 0.25) is 0 Å². The predicted molar refractivity (Wildman–Crippen MR) is 114 cm³/mol. The number of rotatable bonds is 6. The molecule has 3 aromatic carbocycles. The van der Waals surface area contributed by atoms with Crippen molar-refractivity contribution >= 4 is 11.9 Å². The number of nitrogens with two attached hydrogens (primary N) is 1. The van der Waals surface area contributed by atoms with Gasteiger partial charge in [-0.15, -0.1) is 0 Å². The first-order valence-electron chi connectivity index (χ1n) is 9.87. The van der Waals surface area contributed by atoms with E-state index in [0.717, 1.165) is 27.8 Å². The Morgan fingerprint density at radius 1 is 0.933 bits per heavy atom. The SMILES string of the molecule is Cc1ccccc1C(N)[C@H](C(=O)O)C(=O)OCC1c2ccccc2-c2ccccc21. The molecule has 1 unspecified atom stereocenters. The molecule has 0 spiro atoms. The number of fused-ring (bicyclic) bond motifs is 3. The number of esters is 1. The van der Waals surface area contributed by atoms with Crippen molar-refractivity contribution in [3.05, 3.63) is 95.1 Å². The Labute approximate surface area is 175 Å². The summed E-state index contributed by atoms with van der Waals surface area (Å²) in [5.41, 5.74) is 12.0. The number of benzene rings is 3. The van der Waals surface area contributed by atoms with Crippen LogP contribution in [0, 0.1) is 12.8 Å². The summed E-state index contributed by atoms with van der Waals surface area (Å²) in [6.07, 6.45) is 0. The summed E-state index contributed by atoms with van der Waals surface area (Å²) in [4.78, 5) is 24.7. The summed E-state index contributed by atoms with van der Waals surface area (Å²) >= 11 is 0. The summed E-state index contributed by atoms with van der Waals surface area (Å²) in [5, 5.41) is 9.69. The third-order valence-electron chi connectivity index (χ3n) is 5.78. The van der Waals surface area contributed by atoms with Crippen molar-refractivity contribution in [1.29, 1.82) is 0 Å². The van der Waals surface area contributed by atoms with Gasteiger partial charge in [-0.25, -0.2) is 0 Å². The molecule has 152 valence electrons. The van der Waals surface area contributed by atoms with Gasteiger partial charge in [-0.3, -0.25) is 9.59 Å². The molecule has 2 atom stereocenters. The van der Waals surface area contributed by atoms with E-state index in [2.05, 4.69) is 0 Å². The highest BCUT2D eigenvalue weighted by Crippen LogP contribution is 2.44. The Bertz CT molecular complexity index is 1060. The molecule has 4 rings (SSSR count). The summed E-state index contributed by atoms with van der Waals surface area (Å²) in [5.74, 6) is -3.72. The molecule has 5 nitrogen and oxygen atoms in total. The zero-order chi connectivity index (χ0) is 21.3. The van der Waals surface area contributed by atoms with Crippen molar-refractivity contribution in [2.24, 2.45) is 11.7 Å². The minimum absolute atomic E-state index is 0.0666. The molecule has 0 radical (unpaired) electrons. The van der Waals surface area contributed by atoms with Crippen LogP contribution in [0.25, 0.3) is 11.1 Å². The lowest BCUT2D eigenvalue weighted by molar-refractivity contribution is -0.160. The van der Waals surface area contributed by atoms with Crippen molar-refractivity contribution in [1.82, 2.24) is 0 Å². The first kappa shape index (κ1) is 19.9. The number of hydrogen-bond donors (Lipinski definition) is 2. The van der Waals surface area contributed by atoms with Crippen molar-refractivity contribution < 1.29 is 19.4 Å². The Balaban J connectivity index is 1.56. The van der Waals surface area contributed by atoms with Crippen molar-refractivity contribution in [3.63, 3.8) is 0 Å². The molecule has 3 aromatic rings. The Morgan fingerprint density at radius 3 is 2.03 bits per heavy atom. The molecule has 0 aromatic heterocycles. The van der Waals surface area contributed by atoms with Crippen LogP contribution in [0.1, 0.15) is 34.2 Å². The molecule has 0 aliphatic heterocycles. The third-order valence-corrected chi connectivity index (χ3v) is 5.78. The lowest BCUT2D eigenvalue weighted by Crippen LogP contribution is -2.36. The fourth-order valence-corrected chi connectivity index (χ4v) is 4.24. The van der Waals surface area contributed by atoms with Crippen LogP contribution in [0.4, 0.5) is 0 Å². The first-order chi connectivity index (χ1) is 14.5. The second-order valence-corrected chi connectivity index (χ2v) is 7.56. The van der Waals surface area contributed by atoms with E-state index in [1.165, 1.54) is 0 Å². The Morgan fingerprint density at radius 2 is 1.47 bits per heavy atom. The lowest BCUT2D eigenvalue weighted by Gasteiger charge is -2.22. The third kappa shape index (κ3) is 3.48. The molecule has 0 bridgehead atoms. The van der Waals surface area contributed by atoms with Crippen LogP contribution in [0.3, 0.4) is 0 Å². The molecule has 0 heterocycles. The van der Waals surface area contributed by atoms with Gasteiger partial charge in [0.15, 0.2) is 5.92 Å². The van der Waals surface area contributed by atoms with Gasteiger partial charge in [0, 0.05) is 5.92 Å². The monoisotopic (exact) mass is 401 g/mol. The maximum Gasteiger partial charge on any atom is 0.322 e. The maximum absolute atomic E-state index is 12.8. The van der Waals surface area contributed by atoms with E-state index in [9.17, 15) is 14.7 Å². The van der Waals surface area contributed by atoms with Gasteiger partial charge in [0.2, 0.25) is 0 Å². The fraction of sp³-hybridized carbons (Fsp3) is 0.200. The number of aryl methyl sites for hydroxylation is 1. The highest BCUT2D eigenvalue weighted by molar-refractivity contribution is 5.95. The number of hydrogen-bond acceptors (Lipinski definition) is 4. The summed E-state index contributed by atoms with van der Waals surface area (Å²) in [6, 6.07) is 22.2. The normalized spacial score (nSPS) is 14.5. The highest BCUT2D eigenvalue weighted by atomic mass is 16.5. The van der Waals surface area contributed by atoms with Gasteiger partial charge in [-0.05, 0) is 40.3 Å². The Kier molecular flexibility index (Phi) is 5.38. The van der Waals surface area contributed by atoms with Crippen LogP contribution >= 0.6 is 0 Å². The van der Waals surface area contributed by atoms with Crippen molar-refractivity contribution in [2.75, 3.05) is 6.61 Å². The number of carbonyl (C=O) groups is 2. The average Bonchev–Trinajstić information content (AvgIpc) is 3.06. The van der Waals surface area contributed by atoms with Gasteiger partial charge in [0.1, 0.15) is 6.61 Å². The molecule has 0 fully saturated rings. The van der Waals surface area contributed by atoms with E-state index in [4.69, 9.17) is 10.5 Å². The van der Waals surface area contributed by atoms with Crippen LogP contribution in [-0.2, 0) is 14.3 Å². The van der Waals surface area contributed by atoms with Gasteiger partial charge in [0.25, 0.3) is 0 Å². The standard InChI is InChI=1S/C25H23NO4/c1-15-8-2-3-9-16(15)23(26)22(24(27)28)25(29)30-14-21-19-12-6-4-10-17(19)18-11-5-7-13-20(18)21/h2-13,21-23H,14,26H2,1H3,(H,27,28)/t22-,23?/m1/s1.